The lowest BCUT2D eigenvalue weighted by Crippen LogP contribution is -2.59. The topological polar surface area (TPSA) is 126 Å². The highest BCUT2D eigenvalue weighted by atomic mass is 79.9. The molecule has 1 aromatic rings. The highest BCUT2D eigenvalue weighted by Crippen LogP contribution is 2.15. The van der Waals surface area contributed by atoms with Gasteiger partial charge in [0.15, 0.2) is 0 Å². The number of amides is 3. The average Bonchev–Trinajstić information content (AvgIpc) is 3.18. The maximum Gasteiger partial charge on any atom is 0.329 e. The number of hydrogen-bond donors (Lipinski definition) is 3. The molecule has 32 heavy (non-hydrogen) atoms. The van der Waals surface area contributed by atoms with Crippen LogP contribution in [0.5, 0.6) is 0 Å². The Balaban J connectivity index is 2.36. The number of nitrogens with zero attached hydrogens (tertiary/aromatic N) is 1. The number of cyclic esters (lactones) is 1. The molecule has 1 aliphatic heterocycles. The number of nitrogens with one attached hydrogen (secondary N) is 3. The van der Waals surface area contributed by atoms with E-state index in [1.54, 1.807) is 39.2 Å². The summed E-state index contributed by atoms with van der Waals surface area (Å²) >= 11 is 4.56. The van der Waals surface area contributed by atoms with Crippen LogP contribution in [0.3, 0.4) is 0 Å². The fourth-order valence-electron chi connectivity index (χ4n) is 2.83. The van der Waals surface area contributed by atoms with Crippen molar-refractivity contribution < 1.29 is 23.9 Å². The number of aromatic nitrogens is 1. The molecule has 1 aromatic heterocycles. The molecular weight excluding hydrogens is 500 g/mol. The first-order chi connectivity index (χ1) is 15.0. The van der Waals surface area contributed by atoms with Crippen LogP contribution in [0.1, 0.15) is 56.0 Å². The van der Waals surface area contributed by atoms with E-state index in [1.165, 1.54) is 11.3 Å². The van der Waals surface area contributed by atoms with Gasteiger partial charge >= 0.3 is 5.97 Å². The predicted octanol–water partition coefficient (Wildman–Crippen LogP) is 2.07. The Kier molecular flexibility index (Phi) is 9.38. The van der Waals surface area contributed by atoms with Crippen molar-refractivity contribution in [3.63, 3.8) is 0 Å². The predicted molar refractivity (Wildman–Crippen MR) is 124 cm³/mol. The summed E-state index contributed by atoms with van der Waals surface area (Å²) < 4.78 is 5.59. The Morgan fingerprint density at radius 2 is 2.03 bits per heavy atom. The molecule has 1 aliphatic rings. The third kappa shape index (κ3) is 7.40. The zero-order valence-corrected chi connectivity index (χ0v) is 21.0. The quantitative estimate of drug-likeness (QED) is 0.312. The van der Waals surface area contributed by atoms with Gasteiger partial charge in [-0.1, -0.05) is 35.9 Å². The highest BCUT2D eigenvalue weighted by molar-refractivity contribution is 9.09. The van der Waals surface area contributed by atoms with E-state index in [4.69, 9.17) is 4.74 Å². The minimum atomic E-state index is -1.30. The van der Waals surface area contributed by atoms with E-state index in [1.807, 2.05) is 6.08 Å². The first-order valence-electron chi connectivity index (χ1n) is 10.3. The highest BCUT2D eigenvalue weighted by Gasteiger charge is 2.36. The second-order valence-corrected chi connectivity index (χ2v) is 10.00. The van der Waals surface area contributed by atoms with E-state index in [0.717, 1.165) is 5.33 Å². The van der Waals surface area contributed by atoms with Gasteiger partial charge in [0.2, 0.25) is 11.8 Å². The molecule has 2 atom stereocenters. The van der Waals surface area contributed by atoms with Crippen molar-refractivity contribution >= 4 is 51.0 Å². The second-order valence-electron chi connectivity index (χ2n) is 8.26. The zero-order valence-electron chi connectivity index (χ0n) is 18.6. The van der Waals surface area contributed by atoms with Crippen molar-refractivity contribution in [3.8, 4) is 0 Å². The lowest BCUT2D eigenvalue weighted by atomic mass is 9.99. The van der Waals surface area contributed by atoms with Crippen LogP contribution < -0.4 is 16.0 Å². The molecule has 0 unspecified atom stereocenters. The monoisotopic (exact) mass is 528 g/mol. The second kappa shape index (κ2) is 11.6. The van der Waals surface area contributed by atoms with E-state index in [-0.39, 0.29) is 30.5 Å². The largest absolute Gasteiger partial charge is 0.456 e. The summed E-state index contributed by atoms with van der Waals surface area (Å²) in [5.41, 5.74) is -1.14. The van der Waals surface area contributed by atoms with Crippen LogP contribution in [-0.2, 0) is 25.7 Å². The van der Waals surface area contributed by atoms with Crippen molar-refractivity contribution in [2.45, 2.75) is 64.8 Å². The number of carbonyl (C=O) groups is 4. The number of ether oxygens (including phenoxy) is 1. The molecule has 0 radical (unpaired) electrons. The molecule has 0 spiro atoms. The fraction of sp³-hybridized carbons (Fsp3) is 0.571. The van der Waals surface area contributed by atoms with Crippen molar-refractivity contribution in [2.75, 3.05) is 5.33 Å². The van der Waals surface area contributed by atoms with Gasteiger partial charge < -0.3 is 20.7 Å². The van der Waals surface area contributed by atoms with Gasteiger partial charge in [-0.15, -0.1) is 11.3 Å². The number of esters is 1. The van der Waals surface area contributed by atoms with Crippen LogP contribution in [0.25, 0.3) is 0 Å². The number of fused-ring (bicyclic) bond motifs is 2. The van der Waals surface area contributed by atoms with Gasteiger partial charge in [-0.25, -0.2) is 9.78 Å². The molecule has 0 aromatic carbocycles. The number of thiazole rings is 1. The van der Waals surface area contributed by atoms with Gasteiger partial charge in [0.1, 0.15) is 28.4 Å². The normalized spacial score (nSPS) is 22.9. The van der Waals surface area contributed by atoms with E-state index < -0.39 is 35.5 Å². The summed E-state index contributed by atoms with van der Waals surface area (Å²) in [4.78, 5) is 55.1. The number of rotatable bonds is 4. The standard InChI is InChI=1S/C21H29BrN4O5S/c1-12(2)17-19(29)31-13(7-5-6-8-22)9-15(27)23-10-16-24-14(11-32-16)18(28)26-21(3,4)20(30)25-17/h5,7,11-13,17H,6,8-10H2,1-4H3,(H,23,27)(H,25,30)(H,26,28)/t13-,17+/m1/s1. The molecule has 9 nitrogen and oxygen atoms in total. The third-order valence-electron chi connectivity index (χ3n) is 4.70. The summed E-state index contributed by atoms with van der Waals surface area (Å²) in [6, 6.07) is -0.951. The first-order valence-corrected chi connectivity index (χ1v) is 12.3. The SMILES string of the molecule is CC(C)[C@@H]1NC(=O)C(C)(C)NC(=O)c2csc(n2)CNC(=O)C[C@@H](C=CCCBr)OC1=O. The van der Waals surface area contributed by atoms with Gasteiger partial charge in [-0.3, -0.25) is 14.4 Å². The molecular formula is C21H29BrN4O5S. The lowest BCUT2D eigenvalue weighted by molar-refractivity contribution is -0.153. The molecule has 0 aliphatic carbocycles. The van der Waals surface area contributed by atoms with Crippen molar-refractivity contribution in [2.24, 2.45) is 5.92 Å². The van der Waals surface area contributed by atoms with Crippen LogP contribution >= 0.6 is 27.3 Å². The minimum absolute atomic E-state index is 0.0759. The van der Waals surface area contributed by atoms with Crippen LogP contribution in [0.2, 0.25) is 0 Å². The summed E-state index contributed by atoms with van der Waals surface area (Å²) in [6.07, 6.45) is 3.34. The summed E-state index contributed by atoms with van der Waals surface area (Å²) in [5, 5.41) is 10.9. The molecule has 0 saturated carbocycles. The lowest BCUT2D eigenvalue weighted by Gasteiger charge is -2.29. The van der Waals surface area contributed by atoms with E-state index >= 15 is 0 Å². The van der Waals surface area contributed by atoms with Crippen molar-refractivity contribution in [1.82, 2.24) is 20.9 Å². The molecule has 2 rings (SSSR count). The Bertz CT molecular complexity index is 883. The molecule has 3 amide bonds. The molecule has 11 heteroatoms. The fourth-order valence-corrected chi connectivity index (χ4v) is 3.81. The van der Waals surface area contributed by atoms with Crippen LogP contribution in [0, 0.1) is 5.92 Å². The Morgan fingerprint density at radius 3 is 2.69 bits per heavy atom. The van der Waals surface area contributed by atoms with E-state index in [9.17, 15) is 19.2 Å². The molecule has 3 N–H and O–H groups in total. The van der Waals surface area contributed by atoms with E-state index in [0.29, 0.717) is 11.4 Å². The van der Waals surface area contributed by atoms with Crippen molar-refractivity contribution in [1.29, 1.82) is 0 Å². The Hall–Kier alpha value is -2.27. The smallest absolute Gasteiger partial charge is 0.329 e. The van der Waals surface area contributed by atoms with Crippen LogP contribution in [0.15, 0.2) is 17.5 Å². The van der Waals surface area contributed by atoms with Gasteiger partial charge in [0.25, 0.3) is 5.91 Å². The molecule has 0 saturated heterocycles. The molecule has 2 heterocycles. The van der Waals surface area contributed by atoms with Crippen molar-refractivity contribution in [3.05, 3.63) is 28.2 Å². The maximum atomic E-state index is 12.9. The van der Waals surface area contributed by atoms with Crippen LogP contribution in [0.4, 0.5) is 0 Å². The average molecular weight is 529 g/mol. The minimum Gasteiger partial charge on any atom is -0.456 e. The summed E-state index contributed by atoms with van der Waals surface area (Å²) in [7, 11) is 0. The van der Waals surface area contributed by atoms with Crippen LogP contribution in [-0.4, -0.2) is 51.7 Å². The van der Waals surface area contributed by atoms with Gasteiger partial charge in [-0.05, 0) is 32.3 Å². The van der Waals surface area contributed by atoms with E-state index in [2.05, 4.69) is 36.9 Å². The first kappa shape index (κ1) is 26.0. The summed E-state index contributed by atoms with van der Waals surface area (Å²) in [6.45, 7) is 6.78. The summed E-state index contributed by atoms with van der Waals surface area (Å²) in [5.74, 6) is -2.31. The third-order valence-corrected chi connectivity index (χ3v) is 6.01. The number of alkyl halides is 1. The number of hydrogen-bond acceptors (Lipinski definition) is 7. The Morgan fingerprint density at radius 1 is 1.31 bits per heavy atom. The number of halogens is 1. The number of allylic oxidation sites excluding steroid dienone is 1. The Labute approximate surface area is 199 Å². The molecule has 0 fully saturated rings. The van der Waals surface area contributed by atoms with Gasteiger partial charge in [0, 0.05) is 10.7 Å². The maximum absolute atomic E-state index is 12.9. The molecule has 176 valence electrons. The van der Waals surface area contributed by atoms with Gasteiger partial charge in [-0.2, -0.15) is 0 Å². The number of carbonyl (C=O) groups excluding carboxylic acids is 4. The van der Waals surface area contributed by atoms with Gasteiger partial charge in [0.05, 0.1) is 13.0 Å². The zero-order chi connectivity index (χ0) is 23.9. The molecule has 2 bridgehead atoms.